The van der Waals surface area contributed by atoms with Crippen molar-refractivity contribution in [3.05, 3.63) is 57.2 Å². The first-order valence-corrected chi connectivity index (χ1v) is 9.38. The third kappa shape index (κ3) is 4.12. The first kappa shape index (κ1) is 24.0. The Morgan fingerprint density at radius 2 is 1.87 bits per heavy atom. The molecule has 9 heteroatoms. The number of aliphatic hydroxyl groups excluding tert-OH is 1. The number of aliphatic hydroxyl groups is 1. The molecule has 5 N–H and O–H groups in total. The van der Waals surface area contributed by atoms with E-state index in [0.717, 1.165) is 12.6 Å². The van der Waals surface area contributed by atoms with Gasteiger partial charge in [0.25, 0.3) is 0 Å². The van der Waals surface area contributed by atoms with E-state index in [2.05, 4.69) is 0 Å². The molecule has 1 saturated heterocycles. The molecule has 2 heterocycles. The van der Waals surface area contributed by atoms with Crippen molar-refractivity contribution in [3.63, 3.8) is 0 Å². The third-order valence-corrected chi connectivity index (χ3v) is 5.62. The molecule has 1 aliphatic heterocycles. The second-order valence-electron chi connectivity index (χ2n) is 7.21. The van der Waals surface area contributed by atoms with Gasteiger partial charge in [-0.25, -0.2) is 0 Å². The number of fused-ring (bicyclic) bond motifs is 1. The molecule has 2 aromatic carbocycles. The third-order valence-electron chi connectivity index (χ3n) is 5.29. The number of phenols is 2. The van der Waals surface area contributed by atoms with Crippen LogP contribution in [0.15, 0.2) is 45.6 Å². The number of piperidine rings is 1. The van der Waals surface area contributed by atoms with E-state index in [1.807, 2.05) is 11.9 Å². The maximum atomic E-state index is 12.8. The highest BCUT2D eigenvalue weighted by molar-refractivity contribution is 6.33. The normalized spacial score (nSPS) is 19.2. The Kier molecular flexibility index (Phi) is 7.39. The molecule has 0 spiro atoms. The standard InChI is InChI=1S/C21H20ClNO5.ClH.H2O/c1-23-7-6-12(17(27)10-23)19-14(24)8-15(25)20-16(26)9-18(28-21(19)20)11-4-2-3-5-13(11)22;;/h2-5,8-9,12,17,24-25,27H,6-7,10H2,1H3;1H;1H2/t12-,17+;;/m0../s1. The van der Waals surface area contributed by atoms with Gasteiger partial charge in [0.15, 0.2) is 5.43 Å². The number of likely N-dealkylation sites (N-methyl/N-ethyl adjacent to an activating group) is 1. The van der Waals surface area contributed by atoms with E-state index in [1.165, 1.54) is 6.07 Å². The van der Waals surface area contributed by atoms with Crippen molar-refractivity contribution in [1.82, 2.24) is 4.90 Å². The molecule has 1 aliphatic rings. The van der Waals surface area contributed by atoms with Crippen LogP contribution < -0.4 is 5.43 Å². The molecule has 30 heavy (non-hydrogen) atoms. The van der Waals surface area contributed by atoms with Gasteiger partial charge < -0.3 is 30.1 Å². The van der Waals surface area contributed by atoms with Gasteiger partial charge in [0.1, 0.15) is 28.2 Å². The van der Waals surface area contributed by atoms with Crippen LogP contribution in [0.2, 0.25) is 5.02 Å². The molecule has 0 unspecified atom stereocenters. The van der Waals surface area contributed by atoms with Crippen LogP contribution in [0.4, 0.5) is 0 Å². The van der Waals surface area contributed by atoms with E-state index in [9.17, 15) is 20.1 Å². The van der Waals surface area contributed by atoms with Crippen LogP contribution in [0.25, 0.3) is 22.3 Å². The molecule has 0 aliphatic carbocycles. The minimum absolute atomic E-state index is 0. The number of rotatable bonds is 2. The first-order valence-electron chi connectivity index (χ1n) is 9.01. The van der Waals surface area contributed by atoms with Crippen molar-refractivity contribution in [2.24, 2.45) is 0 Å². The number of hydrogen-bond donors (Lipinski definition) is 3. The number of nitrogens with zero attached hydrogens (tertiary/aromatic N) is 1. The summed E-state index contributed by atoms with van der Waals surface area (Å²) in [7, 11) is 1.91. The van der Waals surface area contributed by atoms with E-state index < -0.39 is 17.5 Å². The Bertz CT molecular complexity index is 1120. The molecule has 7 nitrogen and oxygen atoms in total. The molecule has 0 bridgehead atoms. The van der Waals surface area contributed by atoms with Crippen molar-refractivity contribution in [1.29, 1.82) is 0 Å². The van der Waals surface area contributed by atoms with Crippen molar-refractivity contribution < 1.29 is 25.2 Å². The van der Waals surface area contributed by atoms with Crippen LogP contribution in [-0.2, 0) is 0 Å². The molecule has 1 fully saturated rings. The Balaban J connectivity index is 0.00000160. The van der Waals surface area contributed by atoms with Gasteiger partial charge in [-0.05, 0) is 32.1 Å². The smallest absolute Gasteiger partial charge is 0.197 e. The number of benzene rings is 2. The lowest BCUT2D eigenvalue weighted by Crippen LogP contribution is -2.40. The summed E-state index contributed by atoms with van der Waals surface area (Å²) in [5, 5.41) is 31.8. The maximum Gasteiger partial charge on any atom is 0.197 e. The lowest BCUT2D eigenvalue weighted by molar-refractivity contribution is 0.0630. The average molecular weight is 456 g/mol. The highest BCUT2D eigenvalue weighted by Gasteiger charge is 2.33. The molecule has 0 radical (unpaired) electrons. The molecule has 1 aromatic heterocycles. The number of phenolic OH excluding ortho intramolecular Hbond substituents is 2. The summed E-state index contributed by atoms with van der Waals surface area (Å²) in [5.74, 6) is -0.767. The highest BCUT2D eigenvalue weighted by Crippen LogP contribution is 2.42. The number of aromatic hydroxyl groups is 2. The largest absolute Gasteiger partial charge is 0.507 e. The summed E-state index contributed by atoms with van der Waals surface area (Å²) in [5.41, 5.74) is 0.492. The highest BCUT2D eigenvalue weighted by atomic mass is 35.5. The van der Waals surface area contributed by atoms with Gasteiger partial charge in [0, 0.05) is 35.7 Å². The average Bonchev–Trinajstić information content (AvgIpc) is 2.63. The van der Waals surface area contributed by atoms with E-state index in [0.29, 0.717) is 29.1 Å². The second-order valence-corrected chi connectivity index (χ2v) is 7.62. The SMILES string of the molecule is CN1CC[C@H](c2c(O)cc(O)c3c(=O)cc(-c4ccccc4Cl)oc23)[C@H](O)C1.Cl.O. The maximum absolute atomic E-state index is 12.8. The zero-order chi connectivity index (χ0) is 20.0. The summed E-state index contributed by atoms with van der Waals surface area (Å²) in [6.45, 7) is 1.15. The fourth-order valence-electron chi connectivity index (χ4n) is 3.90. The summed E-state index contributed by atoms with van der Waals surface area (Å²) < 4.78 is 6.00. The lowest BCUT2D eigenvalue weighted by atomic mass is 9.85. The summed E-state index contributed by atoms with van der Waals surface area (Å²) >= 11 is 6.25. The van der Waals surface area contributed by atoms with Crippen LogP contribution in [0, 0.1) is 0 Å². The van der Waals surface area contributed by atoms with Crippen molar-refractivity contribution in [2.45, 2.75) is 18.4 Å². The molecule has 4 rings (SSSR count). The molecule has 3 aromatic rings. The van der Waals surface area contributed by atoms with Gasteiger partial charge in [0.05, 0.1) is 11.1 Å². The number of halogens is 2. The van der Waals surface area contributed by atoms with Crippen molar-refractivity contribution in [3.8, 4) is 22.8 Å². The molecular formula is C21H23Cl2NO6. The molecular weight excluding hydrogens is 433 g/mol. The van der Waals surface area contributed by atoms with E-state index in [4.69, 9.17) is 16.0 Å². The van der Waals surface area contributed by atoms with Gasteiger partial charge in [-0.1, -0.05) is 23.7 Å². The lowest BCUT2D eigenvalue weighted by Gasteiger charge is -2.34. The first-order chi connectivity index (χ1) is 13.4. The minimum Gasteiger partial charge on any atom is -0.507 e. The monoisotopic (exact) mass is 455 g/mol. The predicted octanol–water partition coefficient (Wildman–Crippen LogP) is 2.90. The molecule has 0 amide bonds. The molecule has 0 saturated carbocycles. The number of β-amino-alcohol motifs (C(OH)–C–C–N with tert-alkyl or cyclic N) is 1. The Morgan fingerprint density at radius 1 is 1.17 bits per heavy atom. The van der Waals surface area contributed by atoms with Crippen LogP contribution in [0.5, 0.6) is 11.5 Å². The van der Waals surface area contributed by atoms with Gasteiger partial charge in [-0.2, -0.15) is 0 Å². The Hall–Kier alpha value is -2.29. The minimum atomic E-state index is -0.744. The zero-order valence-corrected chi connectivity index (χ0v) is 17.7. The second kappa shape index (κ2) is 9.24. The number of likely N-dealkylation sites (tertiary alicyclic amines) is 1. The Morgan fingerprint density at radius 3 is 2.53 bits per heavy atom. The summed E-state index contributed by atoms with van der Waals surface area (Å²) in [4.78, 5) is 14.8. The van der Waals surface area contributed by atoms with Gasteiger partial charge >= 0.3 is 0 Å². The predicted molar refractivity (Wildman–Crippen MR) is 118 cm³/mol. The van der Waals surface area contributed by atoms with Crippen LogP contribution >= 0.6 is 24.0 Å². The van der Waals surface area contributed by atoms with Crippen molar-refractivity contribution >= 4 is 35.0 Å². The Labute approximate surface area is 183 Å². The zero-order valence-electron chi connectivity index (χ0n) is 16.1. The van der Waals surface area contributed by atoms with Crippen LogP contribution in [0.3, 0.4) is 0 Å². The fraction of sp³-hybridized carbons (Fsp3) is 0.286. The van der Waals surface area contributed by atoms with Crippen LogP contribution in [-0.4, -0.2) is 51.9 Å². The topological polar surface area (TPSA) is 126 Å². The van der Waals surface area contributed by atoms with E-state index >= 15 is 0 Å². The van der Waals surface area contributed by atoms with Gasteiger partial charge in [-0.15, -0.1) is 12.4 Å². The van der Waals surface area contributed by atoms with E-state index in [-0.39, 0.29) is 46.1 Å². The molecule has 162 valence electrons. The van der Waals surface area contributed by atoms with Crippen molar-refractivity contribution in [2.75, 3.05) is 20.1 Å². The van der Waals surface area contributed by atoms with Gasteiger partial charge in [-0.3, -0.25) is 4.79 Å². The summed E-state index contributed by atoms with van der Waals surface area (Å²) in [6.07, 6.45) is -0.169. The van der Waals surface area contributed by atoms with Crippen LogP contribution in [0.1, 0.15) is 17.9 Å². The summed E-state index contributed by atoms with van der Waals surface area (Å²) in [6, 6.07) is 9.35. The van der Waals surface area contributed by atoms with Gasteiger partial charge in [0.2, 0.25) is 0 Å². The van der Waals surface area contributed by atoms with E-state index in [1.54, 1.807) is 24.3 Å². The molecule has 2 atom stereocenters. The fourth-order valence-corrected chi connectivity index (χ4v) is 4.13. The quantitative estimate of drug-likeness (QED) is 0.545. The number of hydrogen-bond acceptors (Lipinski definition) is 6.